The molecular weight excluding hydrogens is 468 g/mol. The summed E-state index contributed by atoms with van der Waals surface area (Å²) in [6.45, 7) is -3.46. The van der Waals surface area contributed by atoms with E-state index in [0.29, 0.717) is 26.2 Å². The summed E-state index contributed by atoms with van der Waals surface area (Å²) in [4.78, 5) is 11.8. The van der Waals surface area contributed by atoms with Crippen molar-refractivity contribution >= 4 is 5.97 Å². The highest BCUT2D eigenvalue weighted by atomic mass is 19.3. The highest BCUT2D eigenvalue weighted by Gasteiger charge is 2.68. The Labute approximate surface area is 185 Å². The number of alkyl halides is 8. The van der Waals surface area contributed by atoms with Crippen LogP contribution in [0.2, 0.25) is 0 Å². The summed E-state index contributed by atoms with van der Waals surface area (Å²) in [5.41, 5.74) is -4.26. The summed E-state index contributed by atoms with van der Waals surface area (Å²) < 4.78 is 126. The average molecular weight is 494 g/mol. The van der Waals surface area contributed by atoms with Gasteiger partial charge < -0.3 is 14.2 Å². The van der Waals surface area contributed by atoms with Crippen molar-refractivity contribution in [2.45, 2.75) is 86.7 Å². The van der Waals surface area contributed by atoms with E-state index in [4.69, 9.17) is 14.2 Å². The van der Waals surface area contributed by atoms with Gasteiger partial charge in [0.05, 0.1) is 13.2 Å². The molecule has 12 heteroatoms. The second kappa shape index (κ2) is 8.20. The van der Waals surface area contributed by atoms with Crippen LogP contribution < -0.4 is 0 Å². The summed E-state index contributed by atoms with van der Waals surface area (Å²) in [5, 5.41) is 0. The van der Waals surface area contributed by atoms with Crippen LogP contribution in [0.3, 0.4) is 0 Å². The lowest BCUT2D eigenvalue weighted by Crippen LogP contribution is -2.70. The van der Waals surface area contributed by atoms with E-state index in [0.717, 1.165) is 0 Å². The Morgan fingerprint density at radius 3 is 2.06 bits per heavy atom. The van der Waals surface area contributed by atoms with E-state index in [1.54, 1.807) is 0 Å². The van der Waals surface area contributed by atoms with Crippen molar-refractivity contribution in [3.05, 3.63) is 0 Å². The molecule has 6 unspecified atom stereocenters. The van der Waals surface area contributed by atoms with Crippen LogP contribution in [-0.4, -0.2) is 73.5 Å². The lowest BCUT2D eigenvalue weighted by Gasteiger charge is -2.64. The number of halogens is 8. The number of hydrogen-bond acceptors (Lipinski definition) is 4. The van der Waals surface area contributed by atoms with Gasteiger partial charge in [-0.15, -0.1) is 0 Å². The molecule has 190 valence electrons. The van der Waals surface area contributed by atoms with E-state index in [1.807, 2.05) is 0 Å². The molecule has 4 bridgehead atoms. The van der Waals surface area contributed by atoms with Gasteiger partial charge in [-0.05, 0) is 38.0 Å². The molecule has 0 aromatic carbocycles. The van der Waals surface area contributed by atoms with Crippen LogP contribution in [0.1, 0.15) is 39.0 Å². The van der Waals surface area contributed by atoms with Crippen molar-refractivity contribution in [2.24, 2.45) is 17.8 Å². The van der Waals surface area contributed by atoms with E-state index in [9.17, 15) is 35.5 Å². The third kappa shape index (κ3) is 4.12. The van der Waals surface area contributed by atoms with Crippen molar-refractivity contribution in [3.63, 3.8) is 0 Å². The first-order chi connectivity index (χ1) is 15.3. The van der Waals surface area contributed by atoms with Crippen molar-refractivity contribution in [1.29, 1.82) is 0 Å². The summed E-state index contributed by atoms with van der Waals surface area (Å²) >= 11 is 0. The minimum atomic E-state index is -3.67. The smallest absolute Gasteiger partial charge is 0.377 e. The van der Waals surface area contributed by atoms with Crippen molar-refractivity contribution < 1.29 is 54.1 Å². The predicted octanol–water partition coefficient (Wildman–Crippen LogP) is 4.54. The molecule has 33 heavy (non-hydrogen) atoms. The van der Waals surface area contributed by atoms with Gasteiger partial charge in [-0.2, -0.15) is 8.78 Å². The molecule has 6 atom stereocenters. The topological polar surface area (TPSA) is 44.8 Å². The zero-order chi connectivity index (χ0) is 24.4. The zero-order valence-electron chi connectivity index (χ0n) is 17.9. The molecule has 5 fully saturated rings. The third-order valence-electron chi connectivity index (χ3n) is 7.59. The van der Waals surface area contributed by atoms with Gasteiger partial charge in [0.2, 0.25) is 0 Å². The summed E-state index contributed by atoms with van der Waals surface area (Å²) in [7, 11) is 0. The first-order valence-electron chi connectivity index (χ1n) is 11.0. The molecule has 4 nitrogen and oxygen atoms in total. The maximum absolute atomic E-state index is 15.1. The van der Waals surface area contributed by atoms with Gasteiger partial charge in [-0.3, -0.25) is 0 Å². The Morgan fingerprint density at radius 2 is 1.58 bits per heavy atom. The Morgan fingerprint density at radius 1 is 1.03 bits per heavy atom. The Hall–Kier alpha value is -1.17. The molecule has 1 heterocycles. The van der Waals surface area contributed by atoms with Gasteiger partial charge in [-0.25, -0.2) is 31.1 Å². The first kappa shape index (κ1) is 24.9. The molecule has 1 saturated heterocycles. The van der Waals surface area contributed by atoms with Crippen LogP contribution in [0.15, 0.2) is 0 Å². The molecule has 0 amide bonds. The zero-order valence-corrected chi connectivity index (χ0v) is 17.9. The van der Waals surface area contributed by atoms with E-state index in [-0.39, 0.29) is 18.8 Å². The number of carbonyl (C=O) groups excluding carboxylic acids is 1. The Bertz CT molecular complexity index is 735. The van der Waals surface area contributed by atoms with Crippen molar-refractivity contribution in [2.75, 3.05) is 19.9 Å². The van der Waals surface area contributed by atoms with Crippen LogP contribution in [0, 0.1) is 17.8 Å². The third-order valence-corrected chi connectivity index (χ3v) is 7.59. The molecule has 5 rings (SSSR count). The normalized spacial score (nSPS) is 43.8. The van der Waals surface area contributed by atoms with E-state index >= 15 is 4.39 Å². The molecule has 4 saturated carbocycles. The van der Waals surface area contributed by atoms with Gasteiger partial charge >= 0.3 is 11.9 Å². The maximum atomic E-state index is 15.1. The molecule has 1 aliphatic heterocycles. The van der Waals surface area contributed by atoms with Gasteiger partial charge in [0.15, 0.2) is 36.1 Å². The fraction of sp³-hybridized carbons (Fsp3) is 0.952. The van der Waals surface area contributed by atoms with Gasteiger partial charge in [-0.1, -0.05) is 0 Å². The number of hydrogen-bond donors (Lipinski definition) is 0. The van der Waals surface area contributed by atoms with Crippen LogP contribution >= 0.6 is 0 Å². The lowest BCUT2D eigenvalue weighted by molar-refractivity contribution is -0.397. The number of esters is 1. The lowest BCUT2D eigenvalue weighted by atomic mass is 9.51. The summed E-state index contributed by atoms with van der Waals surface area (Å²) in [6, 6.07) is 0. The van der Waals surface area contributed by atoms with Crippen LogP contribution in [0.25, 0.3) is 0 Å². The van der Waals surface area contributed by atoms with Gasteiger partial charge in [0.1, 0.15) is 12.3 Å². The largest absolute Gasteiger partial charge is 0.455 e. The molecule has 5 aliphatic rings. The highest BCUT2D eigenvalue weighted by molar-refractivity contribution is 5.77. The second-order valence-electron chi connectivity index (χ2n) is 10.1. The van der Waals surface area contributed by atoms with Crippen LogP contribution in [0.5, 0.6) is 0 Å². The maximum Gasteiger partial charge on any atom is 0.377 e. The second-order valence-corrected chi connectivity index (χ2v) is 10.1. The molecule has 0 aromatic heterocycles. The monoisotopic (exact) mass is 494 g/mol. The van der Waals surface area contributed by atoms with E-state index in [2.05, 4.69) is 0 Å². The van der Waals surface area contributed by atoms with Crippen LogP contribution in [-0.2, 0) is 19.0 Å². The predicted molar refractivity (Wildman–Crippen MR) is 97.0 cm³/mol. The van der Waals surface area contributed by atoms with Crippen LogP contribution in [0.4, 0.5) is 35.1 Å². The fourth-order valence-corrected chi connectivity index (χ4v) is 6.18. The number of rotatable bonds is 7. The summed E-state index contributed by atoms with van der Waals surface area (Å²) in [5.74, 6) is -7.61. The summed E-state index contributed by atoms with van der Waals surface area (Å²) in [6.07, 6.45) is -10.9. The standard InChI is InChI=1S/C21H26F8O4/c1-18(27,28)17(30)33-19-4-10-2-11(5-19)21(12(3-10)6-19)31-8-20(29,9-32-21)16(26)15(25)14(24)13(23)7-22/h10-16H,2-9H2,1H3. The Kier molecular flexibility index (Phi) is 6.20. The quantitative estimate of drug-likeness (QED) is 0.385. The van der Waals surface area contributed by atoms with E-state index in [1.165, 1.54) is 0 Å². The Balaban J connectivity index is 1.46. The van der Waals surface area contributed by atoms with Gasteiger partial charge in [0.25, 0.3) is 0 Å². The number of ether oxygens (including phenoxy) is 3. The van der Waals surface area contributed by atoms with Crippen molar-refractivity contribution in [1.82, 2.24) is 0 Å². The van der Waals surface area contributed by atoms with Gasteiger partial charge in [0, 0.05) is 18.8 Å². The molecule has 0 N–H and O–H groups in total. The van der Waals surface area contributed by atoms with Crippen molar-refractivity contribution in [3.8, 4) is 0 Å². The first-order valence-corrected chi connectivity index (χ1v) is 11.0. The molecule has 0 aromatic rings. The molecule has 4 aliphatic carbocycles. The molecule has 1 spiro atoms. The SMILES string of the molecule is CC(F)(F)C(=O)OC12CC3CC(C1)C1(OCC(F)(C(F)C(F)C(F)C(F)CF)CO1)C(C3)C2. The fourth-order valence-electron chi connectivity index (χ4n) is 6.18. The highest BCUT2D eigenvalue weighted by Crippen LogP contribution is 2.63. The van der Waals surface area contributed by atoms with E-state index < -0.39 is 85.4 Å². The minimum Gasteiger partial charge on any atom is -0.455 e. The minimum absolute atomic E-state index is 0.0364. The molecular formula is C21H26F8O4. The number of carbonyl (C=O) groups is 1. The average Bonchev–Trinajstić information content (AvgIpc) is 2.75. The molecule has 0 radical (unpaired) electrons.